The van der Waals surface area contributed by atoms with E-state index in [9.17, 15) is 0 Å². The maximum absolute atomic E-state index is 8.73. The second kappa shape index (κ2) is 3.89. The van der Waals surface area contributed by atoms with Gasteiger partial charge in [-0.1, -0.05) is 0 Å². The minimum Gasteiger partial charge on any atom is -0.396 e. The van der Waals surface area contributed by atoms with Gasteiger partial charge >= 0.3 is 0 Å². The first kappa shape index (κ1) is 8.72. The first-order chi connectivity index (χ1) is 6.40. The maximum atomic E-state index is 8.73. The quantitative estimate of drug-likeness (QED) is 0.616. The molecule has 2 heterocycles. The molecule has 1 aromatic heterocycles. The number of nitrogens with one attached hydrogen (secondary N) is 2. The van der Waals surface area contributed by atoms with Gasteiger partial charge in [0.1, 0.15) is 0 Å². The first-order valence-corrected chi connectivity index (χ1v) is 4.76. The third-order valence-electron chi connectivity index (χ3n) is 2.51. The molecule has 3 N–H and O–H groups in total. The molecule has 1 aliphatic rings. The normalized spacial score (nSPS) is 22.4. The molecular formula is C9H15N3O. The molecule has 0 bridgehead atoms. The van der Waals surface area contributed by atoms with Crippen molar-refractivity contribution in [1.82, 2.24) is 15.5 Å². The fourth-order valence-corrected chi connectivity index (χ4v) is 1.74. The molecule has 13 heavy (non-hydrogen) atoms. The van der Waals surface area contributed by atoms with Gasteiger partial charge in [-0.15, -0.1) is 0 Å². The minimum absolute atomic E-state index is 0.185. The van der Waals surface area contributed by atoms with Crippen LogP contribution in [0.4, 0.5) is 0 Å². The Balaban J connectivity index is 2.03. The second-order valence-corrected chi connectivity index (χ2v) is 3.48. The van der Waals surface area contributed by atoms with Crippen LogP contribution >= 0.6 is 0 Å². The minimum atomic E-state index is 0.185. The topological polar surface area (TPSA) is 60.9 Å². The van der Waals surface area contributed by atoms with Gasteiger partial charge in [-0.3, -0.25) is 5.10 Å². The van der Waals surface area contributed by atoms with Gasteiger partial charge in [0.2, 0.25) is 0 Å². The van der Waals surface area contributed by atoms with Gasteiger partial charge in [0.25, 0.3) is 0 Å². The molecule has 0 amide bonds. The zero-order chi connectivity index (χ0) is 9.10. The highest BCUT2D eigenvalue weighted by Gasteiger charge is 2.18. The van der Waals surface area contributed by atoms with Crippen molar-refractivity contribution in [3.63, 3.8) is 0 Å². The summed E-state index contributed by atoms with van der Waals surface area (Å²) in [6.45, 7) is 2.31. The largest absolute Gasteiger partial charge is 0.396 e. The predicted octanol–water partition coefficient (Wildman–Crippen LogP) is 0.0214. The fraction of sp³-hybridized carbons (Fsp3) is 0.667. The molecule has 1 saturated heterocycles. The van der Waals surface area contributed by atoms with Crippen molar-refractivity contribution >= 4 is 0 Å². The van der Waals surface area contributed by atoms with Crippen LogP contribution in [0.2, 0.25) is 0 Å². The molecule has 0 unspecified atom stereocenters. The van der Waals surface area contributed by atoms with Crippen LogP contribution in [0.15, 0.2) is 6.07 Å². The van der Waals surface area contributed by atoms with E-state index in [0.29, 0.717) is 12.3 Å². The summed E-state index contributed by atoms with van der Waals surface area (Å²) in [5, 5.41) is 19.2. The van der Waals surface area contributed by atoms with Crippen molar-refractivity contribution in [2.24, 2.45) is 0 Å². The highest BCUT2D eigenvalue weighted by Crippen LogP contribution is 2.20. The number of aliphatic hydroxyl groups excluding tert-OH is 1. The maximum Gasteiger partial charge on any atom is 0.0669 e. The van der Waals surface area contributed by atoms with Gasteiger partial charge in [-0.25, -0.2) is 0 Å². The smallest absolute Gasteiger partial charge is 0.0669 e. The lowest BCUT2D eigenvalue weighted by molar-refractivity contribution is 0.298. The van der Waals surface area contributed by atoms with E-state index < -0.39 is 0 Å². The Hall–Kier alpha value is -0.870. The summed E-state index contributed by atoms with van der Waals surface area (Å²) >= 11 is 0. The molecule has 0 aliphatic carbocycles. The Morgan fingerprint density at radius 1 is 1.62 bits per heavy atom. The summed E-state index contributed by atoms with van der Waals surface area (Å²) in [4.78, 5) is 0. The van der Waals surface area contributed by atoms with Crippen LogP contribution in [0.25, 0.3) is 0 Å². The Morgan fingerprint density at radius 2 is 2.54 bits per heavy atom. The average Bonchev–Trinajstić information content (AvgIpc) is 2.70. The van der Waals surface area contributed by atoms with Crippen molar-refractivity contribution in [1.29, 1.82) is 0 Å². The zero-order valence-electron chi connectivity index (χ0n) is 7.58. The molecule has 1 atom stereocenters. The Morgan fingerprint density at radius 3 is 3.23 bits per heavy atom. The molecule has 0 spiro atoms. The molecule has 72 valence electrons. The number of hydrogen-bond donors (Lipinski definition) is 3. The van der Waals surface area contributed by atoms with E-state index >= 15 is 0 Å². The van der Waals surface area contributed by atoms with E-state index in [-0.39, 0.29) is 6.61 Å². The number of aliphatic hydroxyl groups is 1. The molecule has 0 aromatic carbocycles. The van der Waals surface area contributed by atoms with Crippen LogP contribution in [0.1, 0.15) is 23.7 Å². The van der Waals surface area contributed by atoms with Gasteiger partial charge in [0, 0.05) is 31.2 Å². The molecule has 1 fully saturated rings. The summed E-state index contributed by atoms with van der Waals surface area (Å²) in [5.41, 5.74) is 2.16. The number of hydrogen-bond acceptors (Lipinski definition) is 3. The van der Waals surface area contributed by atoms with Gasteiger partial charge in [-0.2, -0.15) is 5.10 Å². The summed E-state index contributed by atoms with van der Waals surface area (Å²) in [7, 11) is 0. The van der Waals surface area contributed by atoms with E-state index in [1.165, 1.54) is 6.42 Å². The monoisotopic (exact) mass is 181 g/mol. The number of nitrogens with zero attached hydrogens (tertiary/aromatic N) is 1. The van der Waals surface area contributed by atoms with Crippen molar-refractivity contribution in [3.8, 4) is 0 Å². The molecule has 4 heteroatoms. The summed E-state index contributed by atoms with van der Waals surface area (Å²) in [5.74, 6) is 0.559. The first-order valence-electron chi connectivity index (χ1n) is 4.76. The van der Waals surface area contributed by atoms with Crippen LogP contribution in [0.3, 0.4) is 0 Å². The zero-order valence-corrected chi connectivity index (χ0v) is 7.58. The number of aromatic nitrogens is 2. The van der Waals surface area contributed by atoms with Crippen molar-refractivity contribution in [3.05, 3.63) is 17.5 Å². The average molecular weight is 181 g/mol. The molecule has 1 aliphatic heterocycles. The van der Waals surface area contributed by atoms with Gasteiger partial charge in [0.15, 0.2) is 0 Å². The molecule has 4 nitrogen and oxygen atoms in total. The number of rotatable bonds is 3. The second-order valence-electron chi connectivity index (χ2n) is 3.48. The van der Waals surface area contributed by atoms with Gasteiger partial charge in [-0.05, 0) is 19.0 Å². The molecule has 0 radical (unpaired) electrons. The van der Waals surface area contributed by atoms with Crippen molar-refractivity contribution in [2.75, 3.05) is 19.7 Å². The lowest BCUT2D eigenvalue weighted by Gasteiger charge is -2.01. The lowest BCUT2D eigenvalue weighted by atomic mass is 10.0. The van der Waals surface area contributed by atoms with E-state index in [1.54, 1.807) is 0 Å². The summed E-state index contributed by atoms with van der Waals surface area (Å²) in [6, 6.07) is 2.06. The predicted molar refractivity (Wildman–Crippen MR) is 49.6 cm³/mol. The number of H-pyrrole nitrogens is 1. The van der Waals surface area contributed by atoms with E-state index in [4.69, 9.17) is 5.11 Å². The lowest BCUT2D eigenvalue weighted by Crippen LogP contribution is -2.08. The van der Waals surface area contributed by atoms with Crippen molar-refractivity contribution in [2.45, 2.75) is 18.8 Å². The van der Waals surface area contributed by atoms with E-state index in [2.05, 4.69) is 21.6 Å². The molecular weight excluding hydrogens is 166 g/mol. The van der Waals surface area contributed by atoms with Gasteiger partial charge < -0.3 is 10.4 Å². The summed E-state index contributed by atoms with van der Waals surface area (Å²) < 4.78 is 0. The van der Waals surface area contributed by atoms with E-state index in [0.717, 1.165) is 24.5 Å². The highest BCUT2D eigenvalue weighted by atomic mass is 16.3. The van der Waals surface area contributed by atoms with Crippen LogP contribution in [-0.2, 0) is 6.42 Å². The summed E-state index contributed by atoms with van der Waals surface area (Å²) in [6.07, 6.45) is 1.84. The third-order valence-corrected chi connectivity index (χ3v) is 2.51. The number of aromatic amines is 1. The highest BCUT2D eigenvalue weighted by molar-refractivity contribution is 5.15. The van der Waals surface area contributed by atoms with Crippen LogP contribution in [0, 0.1) is 0 Å². The van der Waals surface area contributed by atoms with Crippen LogP contribution in [0.5, 0.6) is 0 Å². The molecule has 0 saturated carbocycles. The Bertz CT molecular complexity index is 266. The van der Waals surface area contributed by atoms with Crippen molar-refractivity contribution < 1.29 is 5.11 Å². The van der Waals surface area contributed by atoms with E-state index in [1.807, 2.05) is 0 Å². The molecule has 2 rings (SSSR count). The standard InChI is InChI=1S/C9H15N3O/c13-4-2-8-5-9(12-11-8)7-1-3-10-6-7/h5,7,10,13H,1-4,6H2,(H,11,12)/t7-/m1/s1. The molecule has 1 aromatic rings. The fourth-order valence-electron chi connectivity index (χ4n) is 1.74. The SMILES string of the molecule is OCCc1cc([C@@H]2CCNC2)n[nH]1. The van der Waals surface area contributed by atoms with Crippen LogP contribution < -0.4 is 5.32 Å². The third kappa shape index (κ3) is 1.89. The Labute approximate surface area is 77.4 Å². The van der Waals surface area contributed by atoms with Crippen LogP contribution in [-0.4, -0.2) is 35.0 Å². The Kier molecular flexibility index (Phi) is 2.61. The van der Waals surface area contributed by atoms with Gasteiger partial charge in [0.05, 0.1) is 5.69 Å².